The highest BCUT2D eigenvalue weighted by atomic mass is 35.5. The lowest BCUT2D eigenvalue weighted by Gasteiger charge is -2.32. The Bertz CT molecular complexity index is 1120. The van der Waals surface area contributed by atoms with E-state index >= 15 is 0 Å². The van der Waals surface area contributed by atoms with E-state index in [1.165, 1.54) is 0 Å². The van der Waals surface area contributed by atoms with E-state index < -0.39 is 5.79 Å². The van der Waals surface area contributed by atoms with Crippen LogP contribution in [-0.2, 0) is 20.1 Å². The summed E-state index contributed by atoms with van der Waals surface area (Å²) in [6, 6.07) is 17.3. The van der Waals surface area contributed by atoms with Crippen LogP contribution in [0.2, 0.25) is 10.0 Å². The third kappa shape index (κ3) is 3.05. The highest BCUT2D eigenvalue weighted by Crippen LogP contribution is 2.50. The number of hydrogen-bond acceptors (Lipinski definition) is 4. The average Bonchev–Trinajstić information content (AvgIpc) is 3.00. The SMILES string of the molecule is O=C1N(CCOc2cccc3ccccc23)c2c(ccc(Cl)c2Cl)C12OCCCO2. The molecule has 3 aromatic rings. The Hall–Kier alpha value is -2.31. The second-order valence-corrected chi connectivity index (χ2v) is 7.99. The molecule has 0 radical (unpaired) electrons. The first-order valence-corrected chi connectivity index (χ1v) is 10.6. The second-order valence-electron chi connectivity index (χ2n) is 7.21. The first-order chi connectivity index (χ1) is 14.6. The molecule has 1 amide bonds. The maximum absolute atomic E-state index is 13.4. The van der Waals surface area contributed by atoms with Crippen molar-refractivity contribution in [3.05, 3.63) is 70.2 Å². The molecule has 0 bridgehead atoms. The van der Waals surface area contributed by atoms with E-state index in [0.29, 0.717) is 34.5 Å². The number of hydrogen-bond donors (Lipinski definition) is 0. The summed E-state index contributed by atoms with van der Waals surface area (Å²) in [7, 11) is 0. The van der Waals surface area contributed by atoms with Gasteiger partial charge in [0.25, 0.3) is 11.7 Å². The Morgan fingerprint density at radius 2 is 1.77 bits per heavy atom. The van der Waals surface area contributed by atoms with Crippen molar-refractivity contribution in [3.8, 4) is 5.75 Å². The molecular weight excluding hydrogens is 425 g/mol. The Morgan fingerprint density at radius 1 is 1.00 bits per heavy atom. The summed E-state index contributed by atoms with van der Waals surface area (Å²) >= 11 is 12.7. The zero-order valence-electron chi connectivity index (χ0n) is 16.1. The topological polar surface area (TPSA) is 48.0 Å². The molecule has 0 atom stereocenters. The van der Waals surface area contributed by atoms with Gasteiger partial charge in [-0.15, -0.1) is 0 Å². The van der Waals surface area contributed by atoms with E-state index in [0.717, 1.165) is 22.9 Å². The molecule has 1 spiro atoms. The van der Waals surface area contributed by atoms with Crippen molar-refractivity contribution in [2.75, 3.05) is 31.3 Å². The van der Waals surface area contributed by atoms with Crippen LogP contribution in [0.15, 0.2) is 54.6 Å². The summed E-state index contributed by atoms with van der Waals surface area (Å²) in [5.74, 6) is -0.999. The summed E-state index contributed by atoms with van der Waals surface area (Å²) in [4.78, 5) is 14.9. The van der Waals surface area contributed by atoms with Crippen molar-refractivity contribution in [2.45, 2.75) is 12.2 Å². The van der Waals surface area contributed by atoms with Gasteiger partial charge in [0.1, 0.15) is 12.4 Å². The van der Waals surface area contributed by atoms with Gasteiger partial charge in [-0.25, -0.2) is 0 Å². The summed E-state index contributed by atoms with van der Waals surface area (Å²) in [5, 5.41) is 2.79. The minimum absolute atomic E-state index is 0.276. The zero-order valence-corrected chi connectivity index (χ0v) is 17.6. The lowest BCUT2D eigenvalue weighted by molar-refractivity contribution is -0.256. The maximum atomic E-state index is 13.4. The third-order valence-electron chi connectivity index (χ3n) is 5.44. The lowest BCUT2D eigenvalue weighted by atomic mass is 10.1. The van der Waals surface area contributed by atoms with Gasteiger partial charge in [0, 0.05) is 10.9 Å². The highest BCUT2D eigenvalue weighted by molar-refractivity contribution is 6.44. The monoisotopic (exact) mass is 443 g/mol. The maximum Gasteiger partial charge on any atom is 0.292 e. The van der Waals surface area contributed by atoms with Crippen LogP contribution >= 0.6 is 23.2 Å². The first kappa shape index (κ1) is 19.6. The second kappa shape index (κ2) is 7.75. The largest absolute Gasteiger partial charge is 0.491 e. The molecule has 1 fully saturated rings. The molecule has 30 heavy (non-hydrogen) atoms. The van der Waals surface area contributed by atoms with Crippen LogP contribution in [0.1, 0.15) is 12.0 Å². The number of benzene rings is 3. The predicted octanol–water partition coefficient (Wildman–Crippen LogP) is 5.16. The highest BCUT2D eigenvalue weighted by Gasteiger charge is 2.55. The van der Waals surface area contributed by atoms with Gasteiger partial charge >= 0.3 is 0 Å². The number of rotatable bonds is 4. The molecule has 7 heteroatoms. The molecule has 3 aromatic carbocycles. The average molecular weight is 444 g/mol. The number of carbonyl (C=O) groups excluding carboxylic acids is 1. The van der Waals surface area contributed by atoms with Crippen LogP contribution in [0.4, 0.5) is 5.69 Å². The molecule has 0 aromatic heterocycles. The van der Waals surface area contributed by atoms with E-state index in [1.807, 2.05) is 42.5 Å². The van der Waals surface area contributed by atoms with Gasteiger partial charge < -0.3 is 19.1 Å². The van der Waals surface area contributed by atoms with Crippen molar-refractivity contribution < 1.29 is 19.0 Å². The fourth-order valence-electron chi connectivity index (χ4n) is 4.06. The standard InChI is InChI=1S/C23H19Cl2NO4/c24-18-10-9-17-21(20(18)25)26(22(27)23(17)29-12-4-13-30-23)11-14-28-19-8-3-6-15-5-1-2-7-16(15)19/h1-3,5-10H,4,11-14H2. The smallest absolute Gasteiger partial charge is 0.292 e. The summed E-state index contributed by atoms with van der Waals surface area (Å²) < 4.78 is 17.8. The summed E-state index contributed by atoms with van der Waals surface area (Å²) in [6.07, 6.45) is 0.732. The molecule has 2 aliphatic heterocycles. The molecule has 5 nitrogen and oxygen atoms in total. The minimum atomic E-state index is -1.46. The van der Waals surface area contributed by atoms with Crippen LogP contribution in [0.5, 0.6) is 5.75 Å². The summed E-state index contributed by atoms with van der Waals surface area (Å²) in [5.41, 5.74) is 1.12. The van der Waals surface area contributed by atoms with Gasteiger partial charge in [-0.05, 0) is 30.0 Å². The van der Waals surface area contributed by atoms with Crippen molar-refractivity contribution in [1.29, 1.82) is 0 Å². The first-order valence-electron chi connectivity index (χ1n) is 9.81. The normalized spacial score (nSPS) is 17.5. The fraction of sp³-hybridized carbons (Fsp3) is 0.261. The minimum Gasteiger partial charge on any atom is -0.491 e. The lowest BCUT2D eigenvalue weighted by Crippen LogP contribution is -2.48. The van der Waals surface area contributed by atoms with Crippen LogP contribution < -0.4 is 9.64 Å². The van der Waals surface area contributed by atoms with E-state index in [9.17, 15) is 4.79 Å². The molecule has 0 saturated carbocycles. The predicted molar refractivity (Wildman–Crippen MR) is 116 cm³/mol. The molecule has 5 rings (SSSR count). The number of halogens is 2. The van der Waals surface area contributed by atoms with Crippen LogP contribution in [-0.4, -0.2) is 32.3 Å². The third-order valence-corrected chi connectivity index (χ3v) is 6.24. The Kier molecular flexibility index (Phi) is 5.07. The van der Waals surface area contributed by atoms with Gasteiger partial charge in [0.15, 0.2) is 0 Å². The molecule has 0 unspecified atom stereocenters. The molecule has 2 heterocycles. The van der Waals surface area contributed by atoms with E-state index in [-0.39, 0.29) is 19.1 Å². The van der Waals surface area contributed by atoms with Crippen molar-refractivity contribution in [2.24, 2.45) is 0 Å². The quantitative estimate of drug-likeness (QED) is 0.558. The van der Waals surface area contributed by atoms with Crippen LogP contribution in [0.3, 0.4) is 0 Å². The molecule has 2 aliphatic rings. The van der Waals surface area contributed by atoms with E-state index in [2.05, 4.69) is 0 Å². The molecule has 0 aliphatic carbocycles. The van der Waals surface area contributed by atoms with Gasteiger partial charge in [-0.2, -0.15) is 0 Å². The van der Waals surface area contributed by atoms with Gasteiger partial charge in [0.05, 0.1) is 35.5 Å². The Labute approximate surface area is 184 Å². The molecular formula is C23H19Cl2NO4. The van der Waals surface area contributed by atoms with Crippen molar-refractivity contribution >= 4 is 45.6 Å². The van der Waals surface area contributed by atoms with Crippen molar-refractivity contribution in [1.82, 2.24) is 0 Å². The molecule has 1 saturated heterocycles. The number of ether oxygens (including phenoxy) is 3. The number of anilines is 1. The Morgan fingerprint density at radius 3 is 2.60 bits per heavy atom. The number of nitrogens with zero attached hydrogens (tertiary/aromatic N) is 1. The molecule has 154 valence electrons. The van der Waals surface area contributed by atoms with Crippen LogP contribution in [0, 0.1) is 0 Å². The van der Waals surface area contributed by atoms with Gasteiger partial charge in [-0.1, -0.05) is 59.6 Å². The van der Waals surface area contributed by atoms with E-state index in [1.54, 1.807) is 17.0 Å². The Balaban J connectivity index is 1.43. The number of amides is 1. The number of carbonyl (C=O) groups is 1. The number of fused-ring (bicyclic) bond motifs is 3. The zero-order chi connectivity index (χ0) is 20.7. The fourth-order valence-corrected chi connectivity index (χ4v) is 4.48. The summed E-state index contributed by atoms with van der Waals surface area (Å²) in [6.45, 7) is 1.43. The van der Waals surface area contributed by atoms with Gasteiger partial charge in [0.2, 0.25) is 0 Å². The van der Waals surface area contributed by atoms with Crippen LogP contribution in [0.25, 0.3) is 10.8 Å². The van der Waals surface area contributed by atoms with E-state index in [4.69, 9.17) is 37.4 Å². The van der Waals surface area contributed by atoms with Crippen molar-refractivity contribution in [3.63, 3.8) is 0 Å². The van der Waals surface area contributed by atoms with Gasteiger partial charge in [-0.3, -0.25) is 4.79 Å². The molecule has 0 N–H and O–H groups in total.